The van der Waals surface area contributed by atoms with Gasteiger partial charge in [-0.15, -0.1) is 0 Å². The van der Waals surface area contributed by atoms with Gasteiger partial charge < -0.3 is 14.6 Å². The fourth-order valence-electron chi connectivity index (χ4n) is 2.36. The van der Waals surface area contributed by atoms with E-state index >= 15 is 0 Å². The van der Waals surface area contributed by atoms with Crippen LogP contribution in [-0.2, 0) is 11.2 Å². The maximum absolute atomic E-state index is 10.6. The average Bonchev–Trinajstić information content (AvgIpc) is 2.28. The number of nitrogens with zero attached hydrogens (tertiary/aromatic N) is 1. The summed E-state index contributed by atoms with van der Waals surface area (Å²) in [6.45, 7) is 2.52. The number of carbonyl (C=O) groups is 1. The molecule has 1 aromatic carbocycles. The molecular formula is C12H16BNO2. The number of para-hydroxylation sites is 1. The van der Waals surface area contributed by atoms with Gasteiger partial charge in [0.25, 0.3) is 0 Å². The van der Waals surface area contributed by atoms with Crippen LogP contribution in [0.25, 0.3) is 0 Å². The zero-order chi connectivity index (χ0) is 11.5. The number of aldehydes is 1. The molecule has 1 N–H and O–H groups in total. The predicted octanol–water partition coefficient (Wildman–Crippen LogP) is 1.36. The van der Waals surface area contributed by atoms with Gasteiger partial charge in [-0.3, -0.25) is 0 Å². The molecule has 1 unspecified atom stereocenters. The Morgan fingerprint density at radius 3 is 3.00 bits per heavy atom. The number of anilines is 1. The van der Waals surface area contributed by atoms with Crippen molar-refractivity contribution in [2.24, 2.45) is 5.92 Å². The van der Waals surface area contributed by atoms with E-state index in [4.69, 9.17) is 0 Å². The van der Waals surface area contributed by atoms with E-state index in [0.29, 0.717) is 12.3 Å². The molecule has 0 aliphatic carbocycles. The molecule has 0 fully saturated rings. The second kappa shape index (κ2) is 4.70. The molecule has 0 amide bonds. The highest BCUT2D eigenvalue weighted by Gasteiger charge is 2.27. The lowest BCUT2D eigenvalue weighted by Gasteiger charge is -2.36. The van der Waals surface area contributed by atoms with Crippen LogP contribution in [0.2, 0.25) is 6.82 Å². The van der Waals surface area contributed by atoms with E-state index in [9.17, 15) is 9.82 Å². The molecule has 4 heteroatoms. The fraction of sp³-hybridized carbons (Fsp3) is 0.417. The van der Waals surface area contributed by atoms with Crippen molar-refractivity contribution in [3.8, 4) is 0 Å². The molecule has 16 heavy (non-hydrogen) atoms. The van der Waals surface area contributed by atoms with Crippen molar-refractivity contribution >= 4 is 19.0 Å². The summed E-state index contributed by atoms with van der Waals surface area (Å²) < 4.78 is 0. The van der Waals surface area contributed by atoms with Gasteiger partial charge in [-0.05, 0) is 30.8 Å². The number of benzene rings is 1. The van der Waals surface area contributed by atoms with Gasteiger partial charge in [0.1, 0.15) is 6.29 Å². The number of rotatable bonds is 3. The van der Waals surface area contributed by atoms with Crippen LogP contribution in [-0.4, -0.2) is 24.9 Å². The summed E-state index contributed by atoms with van der Waals surface area (Å²) in [6.07, 6.45) is 2.47. The smallest absolute Gasteiger partial charge is 0.409 e. The first-order chi connectivity index (χ1) is 7.72. The molecule has 0 radical (unpaired) electrons. The first-order valence-corrected chi connectivity index (χ1v) is 5.68. The van der Waals surface area contributed by atoms with Crippen LogP contribution in [0.5, 0.6) is 0 Å². The first-order valence-electron chi connectivity index (χ1n) is 5.68. The summed E-state index contributed by atoms with van der Waals surface area (Å²) in [7, 11) is -0.504. The van der Waals surface area contributed by atoms with Crippen LogP contribution >= 0.6 is 0 Å². The van der Waals surface area contributed by atoms with Crippen LogP contribution in [0.15, 0.2) is 24.3 Å². The van der Waals surface area contributed by atoms with Crippen molar-refractivity contribution in [2.75, 3.05) is 11.4 Å². The molecular weight excluding hydrogens is 201 g/mol. The molecule has 0 saturated carbocycles. The van der Waals surface area contributed by atoms with Crippen molar-refractivity contribution in [2.45, 2.75) is 19.7 Å². The van der Waals surface area contributed by atoms with E-state index in [-0.39, 0.29) is 0 Å². The molecule has 0 saturated heterocycles. The van der Waals surface area contributed by atoms with Crippen LogP contribution in [0, 0.1) is 5.92 Å². The number of hydrogen-bond acceptors (Lipinski definition) is 3. The maximum Gasteiger partial charge on any atom is 0.409 e. The second-order valence-electron chi connectivity index (χ2n) is 4.39. The Hall–Kier alpha value is -1.29. The lowest BCUT2D eigenvalue weighted by Crippen LogP contribution is -2.44. The molecule has 0 aromatic heterocycles. The normalized spacial score (nSPS) is 19.1. The molecule has 1 atom stereocenters. The Morgan fingerprint density at radius 1 is 1.56 bits per heavy atom. The summed E-state index contributed by atoms with van der Waals surface area (Å²) in [6, 6.07) is 8.08. The standard InChI is InChI=1S/C12H16BNO2/c1-13(16)14-9-10(6-7-15)8-11-4-2-3-5-12(11)14/h2-5,7,10,16H,6,8-9H2,1H3. The van der Waals surface area contributed by atoms with Gasteiger partial charge in [0.2, 0.25) is 0 Å². The highest BCUT2D eigenvalue weighted by Crippen LogP contribution is 2.30. The molecule has 1 aliphatic rings. The molecule has 2 rings (SSSR count). The zero-order valence-corrected chi connectivity index (χ0v) is 9.47. The van der Waals surface area contributed by atoms with Crippen LogP contribution in [0.1, 0.15) is 12.0 Å². The minimum Gasteiger partial charge on any atom is -0.432 e. The van der Waals surface area contributed by atoms with E-state index in [0.717, 1.165) is 24.9 Å². The Bertz CT molecular complexity index is 381. The van der Waals surface area contributed by atoms with Crippen molar-refractivity contribution in [3.05, 3.63) is 29.8 Å². The highest BCUT2D eigenvalue weighted by molar-refractivity contribution is 6.53. The number of carbonyl (C=O) groups excluding carboxylic acids is 1. The fourth-order valence-corrected chi connectivity index (χ4v) is 2.36. The molecule has 1 heterocycles. The molecule has 84 valence electrons. The van der Waals surface area contributed by atoms with E-state index in [1.807, 2.05) is 23.0 Å². The topological polar surface area (TPSA) is 40.5 Å². The summed E-state index contributed by atoms with van der Waals surface area (Å²) in [5, 5.41) is 9.75. The van der Waals surface area contributed by atoms with E-state index in [2.05, 4.69) is 6.07 Å². The molecule has 0 bridgehead atoms. The van der Waals surface area contributed by atoms with E-state index in [1.54, 1.807) is 6.82 Å². The van der Waals surface area contributed by atoms with Crippen LogP contribution in [0.4, 0.5) is 5.69 Å². The van der Waals surface area contributed by atoms with Gasteiger partial charge in [-0.1, -0.05) is 18.2 Å². The average molecular weight is 217 g/mol. The number of fused-ring (bicyclic) bond motifs is 1. The highest BCUT2D eigenvalue weighted by atomic mass is 16.2. The minimum atomic E-state index is -0.504. The maximum atomic E-state index is 10.6. The van der Waals surface area contributed by atoms with Gasteiger partial charge in [0, 0.05) is 18.7 Å². The quantitative estimate of drug-likeness (QED) is 0.613. The summed E-state index contributed by atoms with van der Waals surface area (Å²) in [5.74, 6) is 0.321. The zero-order valence-electron chi connectivity index (χ0n) is 9.47. The Kier molecular flexibility index (Phi) is 3.29. The van der Waals surface area contributed by atoms with Gasteiger partial charge in [-0.25, -0.2) is 0 Å². The van der Waals surface area contributed by atoms with E-state index < -0.39 is 7.05 Å². The van der Waals surface area contributed by atoms with Crippen LogP contribution in [0.3, 0.4) is 0 Å². The van der Waals surface area contributed by atoms with Crippen molar-refractivity contribution < 1.29 is 9.82 Å². The third-order valence-electron chi connectivity index (χ3n) is 3.15. The Labute approximate surface area is 96.2 Å². The first kappa shape index (κ1) is 11.2. The molecule has 1 aliphatic heterocycles. The lowest BCUT2D eigenvalue weighted by molar-refractivity contribution is -0.108. The summed E-state index contributed by atoms with van der Waals surface area (Å²) in [5.41, 5.74) is 2.32. The molecule has 1 aromatic rings. The second-order valence-corrected chi connectivity index (χ2v) is 4.39. The molecule has 3 nitrogen and oxygen atoms in total. The van der Waals surface area contributed by atoms with Gasteiger partial charge in [0.15, 0.2) is 0 Å². The van der Waals surface area contributed by atoms with Crippen molar-refractivity contribution in [1.82, 2.24) is 0 Å². The SMILES string of the molecule is CB(O)N1CC(CC=O)Cc2ccccc21. The third kappa shape index (κ3) is 2.12. The van der Waals surface area contributed by atoms with Gasteiger partial charge in [0.05, 0.1) is 0 Å². The van der Waals surface area contributed by atoms with Gasteiger partial charge >= 0.3 is 7.05 Å². The Morgan fingerprint density at radius 2 is 2.31 bits per heavy atom. The number of hydrogen-bond donors (Lipinski definition) is 1. The monoisotopic (exact) mass is 217 g/mol. The lowest BCUT2D eigenvalue weighted by atomic mass is 9.78. The largest absolute Gasteiger partial charge is 0.432 e. The summed E-state index contributed by atoms with van der Waals surface area (Å²) in [4.78, 5) is 12.5. The minimum absolute atomic E-state index is 0.321. The van der Waals surface area contributed by atoms with Crippen LogP contribution < -0.4 is 4.81 Å². The Balaban J connectivity index is 2.29. The van der Waals surface area contributed by atoms with E-state index in [1.165, 1.54) is 5.56 Å². The molecule has 0 spiro atoms. The predicted molar refractivity (Wildman–Crippen MR) is 65.5 cm³/mol. The third-order valence-corrected chi connectivity index (χ3v) is 3.15. The van der Waals surface area contributed by atoms with Crippen molar-refractivity contribution in [1.29, 1.82) is 0 Å². The summed E-state index contributed by atoms with van der Waals surface area (Å²) >= 11 is 0. The van der Waals surface area contributed by atoms with Crippen molar-refractivity contribution in [3.63, 3.8) is 0 Å². The van der Waals surface area contributed by atoms with Gasteiger partial charge in [-0.2, -0.15) is 0 Å².